The summed E-state index contributed by atoms with van der Waals surface area (Å²) in [5, 5.41) is 1.08. The van der Waals surface area contributed by atoms with E-state index in [-0.39, 0.29) is 22.6 Å². The number of ether oxygens (including phenoxy) is 2. The van der Waals surface area contributed by atoms with Gasteiger partial charge in [0.15, 0.2) is 0 Å². The molecule has 0 radical (unpaired) electrons. The molecule has 0 unspecified atom stereocenters. The molecule has 0 saturated heterocycles. The maximum absolute atomic E-state index is 13.8. The Bertz CT molecular complexity index is 1320. The first-order valence-corrected chi connectivity index (χ1v) is 10.3. The number of fused-ring (bicyclic) bond motifs is 1. The molecule has 0 saturated carbocycles. The molecule has 4 nitrogen and oxygen atoms in total. The highest BCUT2D eigenvalue weighted by Crippen LogP contribution is 2.34. The van der Waals surface area contributed by atoms with Crippen molar-refractivity contribution in [3.8, 4) is 11.5 Å². The van der Waals surface area contributed by atoms with E-state index in [4.69, 9.17) is 9.47 Å². The van der Waals surface area contributed by atoms with Crippen molar-refractivity contribution < 1.29 is 27.8 Å². The summed E-state index contributed by atoms with van der Waals surface area (Å²) in [5.74, 6) is -2.04. The van der Waals surface area contributed by atoms with Crippen LogP contribution in [0, 0.1) is 11.6 Å². The van der Waals surface area contributed by atoms with Crippen molar-refractivity contribution in [2.45, 2.75) is 0 Å². The average Bonchev–Trinajstić information content (AvgIpc) is 2.83. The number of hydrogen-bond donors (Lipinski definition) is 0. The summed E-state index contributed by atoms with van der Waals surface area (Å²) in [6.07, 6.45) is 4.86. The minimum absolute atomic E-state index is 0.169. The van der Waals surface area contributed by atoms with E-state index in [1.807, 2.05) is 0 Å². The minimum atomic E-state index is -0.726. The van der Waals surface area contributed by atoms with Crippen LogP contribution in [0.4, 0.5) is 8.78 Å². The third-order valence-corrected chi connectivity index (χ3v) is 4.86. The Kier molecular flexibility index (Phi) is 6.89. The largest absolute Gasteiger partial charge is 0.423 e. The lowest BCUT2D eigenvalue weighted by atomic mass is 10.1. The topological polar surface area (TPSA) is 52.6 Å². The average molecular weight is 456 g/mol. The molecule has 0 aromatic heterocycles. The van der Waals surface area contributed by atoms with Gasteiger partial charge in [0.2, 0.25) is 0 Å². The van der Waals surface area contributed by atoms with Gasteiger partial charge in [-0.3, -0.25) is 0 Å². The van der Waals surface area contributed by atoms with Crippen LogP contribution in [0.1, 0.15) is 11.1 Å². The van der Waals surface area contributed by atoms with Crippen molar-refractivity contribution in [1.29, 1.82) is 0 Å². The molecule has 0 spiro atoms. The molecule has 0 N–H and O–H groups in total. The monoisotopic (exact) mass is 456 g/mol. The van der Waals surface area contributed by atoms with Gasteiger partial charge in [0, 0.05) is 23.3 Å². The van der Waals surface area contributed by atoms with Crippen molar-refractivity contribution in [3.63, 3.8) is 0 Å². The number of benzene rings is 4. The fourth-order valence-corrected chi connectivity index (χ4v) is 3.26. The van der Waals surface area contributed by atoms with Gasteiger partial charge in [-0.15, -0.1) is 0 Å². The molecule has 4 aromatic rings. The third kappa shape index (κ3) is 5.42. The quantitative estimate of drug-likeness (QED) is 0.193. The van der Waals surface area contributed by atoms with Gasteiger partial charge in [0.1, 0.15) is 23.1 Å². The van der Waals surface area contributed by atoms with Crippen LogP contribution < -0.4 is 9.47 Å². The molecule has 4 aromatic carbocycles. The van der Waals surface area contributed by atoms with Crippen molar-refractivity contribution >= 4 is 34.9 Å². The van der Waals surface area contributed by atoms with E-state index in [1.54, 1.807) is 60.7 Å². The van der Waals surface area contributed by atoms with Crippen molar-refractivity contribution in [1.82, 2.24) is 0 Å². The summed E-state index contributed by atoms with van der Waals surface area (Å²) >= 11 is 0. The zero-order chi connectivity index (χ0) is 23.9. The predicted octanol–water partition coefficient (Wildman–Crippen LogP) is 6.36. The normalized spacial score (nSPS) is 11.2. The van der Waals surface area contributed by atoms with E-state index in [2.05, 4.69) is 0 Å². The Morgan fingerprint density at radius 3 is 1.47 bits per heavy atom. The Balaban J connectivity index is 1.56. The number of hydrogen-bond acceptors (Lipinski definition) is 4. The first-order chi connectivity index (χ1) is 16.5. The summed E-state index contributed by atoms with van der Waals surface area (Å²) in [6, 6.07) is 22.1. The van der Waals surface area contributed by atoms with E-state index in [0.717, 1.165) is 12.2 Å². The number of carbonyl (C=O) groups is 2. The Labute approximate surface area is 194 Å². The van der Waals surface area contributed by atoms with E-state index in [0.29, 0.717) is 10.8 Å². The van der Waals surface area contributed by atoms with Crippen LogP contribution in [0.5, 0.6) is 11.5 Å². The molecule has 0 amide bonds. The first-order valence-electron chi connectivity index (χ1n) is 10.3. The lowest BCUT2D eigenvalue weighted by Gasteiger charge is -2.10. The summed E-state index contributed by atoms with van der Waals surface area (Å²) < 4.78 is 38.4. The molecule has 0 heterocycles. The Morgan fingerprint density at radius 1 is 0.588 bits per heavy atom. The van der Waals surface area contributed by atoms with E-state index in [1.165, 1.54) is 36.4 Å². The first kappa shape index (κ1) is 22.6. The van der Waals surface area contributed by atoms with Crippen LogP contribution in [-0.4, -0.2) is 11.9 Å². The van der Waals surface area contributed by atoms with Gasteiger partial charge in [-0.2, -0.15) is 0 Å². The van der Waals surface area contributed by atoms with Crippen LogP contribution in [-0.2, 0) is 9.59 Å². The summed E-state index contributed by atoms with van der Waals surface area (Å²) in [5.41, 5.74) is 0.488. The van der Waals surface area contributed by atoms with E-state index in [9.17, 15) is 18.4 Å². The molecule has 0 aliphatic rings. The van der Waals surface area contributed by atoms with Crippen LogP contribution in [0.15, 0.2) is 97.1 Å². The van der Waals surface area contributed by atoms with Crippen LogP contribution in [0.3, 0.4) is 0 Å². The second kappa shape index (κ2) is 10.4. The van der Waals surface area contributed by atoms with E-state index < -0.39 is 23.6 Å². The third-order valence-electron chi connectivity index (χ3n) is 4.86. The molecular formula is C28H18F2O4. The molecular weight excluding hydrogens is 438 g/mol. The van der Waals surface area contributed by atoms with Crippen LogP contribution >= 0.6 is 0 Å². The van der Waals surface area contributed by atoms with Crippen LogP contribution in [0.25, 0.3) is 22.9 Å². The number of rotatable bonds is 6. The van der Waals surface area contributed by atoms with Gasteiger partial charge in [-0.25, -0.2) is 18.4 Å². The molecule has 168 valence electrons. The fraction of sp³-hybridized carbons (Fsp3) is 0. The molecule has 0 aliphatic carbocycles. The van der Waals surface area contributed by atoms with Gasteiger partial charge in [-0.1, -0.05) is 60.7 Å². The number of halogens is 2. The zero-order valence-corrected chi connectivity index (χ0v) is 17.8. The second-order valence-corrected chi connectivity index (χ2v) is 7.16. The molecule has 0 aliphatic heterocycles. The Morgan fingerprint density at radius 2 is 1.03 bits per heavy atom. The van der Waals surface area contributed by atoms with Gasteiger partial charge in [0.25, 0.3) is 0 Å². The van der Waals surface area contributed by atoms with E-state index >= 15 is 0 Å². The van der Waals surface area contributed by atoms with Gasteiger partial charge in [-0.05, 0) is 41.8 Å². The van der Waals surface area contributed by atoms with Crippen molar-refractivity contribution in [2.75, 3.05) is 0 Å². The van der Waals surface area contributed by atoms with Gasteiger partial charge >= 0.3 is 11.9 Å². The highest BCUT2D eigenvalue weighted by atomic mass is 19.1. The zero-order valence-electron chi connectivity index (χ0n) is 17.8. The lowest BCUT2D eigenvalue weighted by molar-refractivity contribution is -0.129. The fourth-order valence-electron chi connectivity index (χ4n) is 3.26. The Hall–Kier alpha value is -4.58. The molecule has 0 fully saturated rings. The maximum atomic E-state index is 13.8. The molecule has 0 bridgehead atoms. The predicted molar refractivity (Wildman–Crippen MR) is 126 cm³/mol. The highest BCUT2D eigenvalue weighted by Gasteiger charge is 2.13. The summed E-state index contributed by atoms with van der Waals surface area (Å²) in [4.78, 5) is 24.8. The SMILES string of the molecule is O=C(/C=C/c1ccccc1F)Oc1cccc2cccc(OC(=O)/C=C/c3ccccc3F)c12. The lowest BCUT2D eigenvalue weighted by Crippen LogP contribution is -2.07. The second-order valence-electron chi connectivity index (χ2n) is 7.16. The molecule has 6 heteroatoms. The number of esters is 2. The van der Waals surface area contributed by atoms with Gasteiger partial charge < -0.3 is 9.47 Å². The smallest absolute Gasteiger partial charge is 0.336 e. The highest BCUT2D eigenvalue weighted by molar-refractivity contribution is 5.99. The van der Waals surface area contributed by atoms with Crippen molar-refractivity contribution in [3.05, 3.63) is 120 Å². The standard InChI is InChI=1S/C28H18F2O4/c29-22-11-3-1-7-19(22)15-17-26(31)33-24-13-5-9-21-10-6-14-25(28(21)24)34-27(32)18-16-20-8-2-4-12-23(20)30/h1-18H/b17-15+,18-16+. The number of carbonyl (C=O) groups excluding carboxylic acids is 2. The summed E-state index contributed by atoms with van der Waals surface area (Å²) in [7, 11) is 0. The maximum Gasteiger partial charge on any atom is 0.336 e. The molecule has 4 rings (SSSR count). The van der Waals surface area contributed by atoms with Crippen LogP contribution in [0.2, 0.25) is 0 Å². The van der Waals surface area contributed by atoms with Crippen molar-refractivity contribution in [2.24, 2.45) is 0 Å². The minimum Gasteiger partial charge on any atom is -0.423 e. The molecule has 0 atom stereocenters. The summed E-state index contributed by atoms with van der Waals surface area (Å²) in [6.45, 7) is 0. The molecule has 34 heavy (non-hydrogen) atoms. The van der Waals surface area contributed by atoms with Gasteiger partial charge in [0.05, 0.1) is 5.39 Å².